The lowest BCUT2D eigenvalue weighted by atomic mass is 10.1. The molecule has 6 heteroatoms. The summed E-state index contributed by atoms with van der Waals surface area (Å²) in [6, 6.07) is 11.7. The second kappa shape index (κ2) is 6.53. The summed E-state index contributed by atoms with van der Waals surface area (Å²) in [6.45, 7) is 6.32. The summed E-state index contributed by atoms with van der Waals surface area (Å²) in [5.41, 5.74) is 3.14. The molecule has 0 saturated heterocycles. The molecule has 0 atom stereocenters. The molecule has 4 aromatic heterocycles. The van der Waals surface area contributed by atoms with Crippen LogP contribution in [0.4, 0.5) is 5.82 Å². The summed E-state index contributed by atoms with van der Waals surface area (Å²) in [5, 5.41) is 8.00. The molecule has 4 heterocycles. The van der Waals surface area contributed by atoms with Crippen molar-refractivity contribution in [2.45, 2.75) is 26.3 Å². The highest BCUT2D eigenvalue weighted by molar-refractivity contribution is 7.19. The van der Waals surface area contributed by atoms with Crippen LogP contribution >= 0.6 is 11.3 Å². The van der Waals surface area contributed by atoms with E-state index in [4.69, 9.17) is 11.4 Å². The molecule has 4 aromatic rings. The number of pyridine rings is 1. The van der Waals surface area contributed by atoms with Gasteiger partial charge in [-0.2, -0.15) is 9.61 Å². The summed E-state index contributed by atoms with van der Waals surface area (Å²) < 4.78 is 1.82. The Hall–Kier alpha value is -3.17. The number of hydrogen-bond donors (Lipinski definition) is 1. The Morgan fingerprint density at radius 2 is 2.00 bits per heavy atom. The number of anilines is 1. The van der Waals surface area contributed by atoms with E-state index in [2.05, 4.69) is 42.1 Å². The summed E-state index contributed by atoms with van der Waals surface area (Å²) in [6.07, 6.45) is 9.35. The summed E-state index contributed by atoms with van der Waals surface area (Å²) >= 11 is 1.60. The average molecular weight is 373 g/mol. The minimum atomic E-state index is -0.153. The predicted octanol–water partition coefficient (Wildman–Crippen LogP) is 4.71. The molecule has 0 fully saturated rings. The third kappa shape index (κ3) is 3.29. The number of nitrogens with zero attached hydrogens (tertiary/aromatic N) is 4. The van der Waals surface area contributed by atoms with Gasteiger partial charge in [0, 0.05) is 23.5 Å². The fourth-order valence-corrected chi connectivity index (χ4v) is 3.91. The second-order valence-corrected chi connectivity index (χ2v) is 8.24. The molecular formula is C21H19N5S. The van der Waals surface area contributed by atoms with E-state index in [1.54, 1.807) is 23.7 Å². The summed E-state index contributed by atoms with van der Waals surface area (Å²) in [7, 11) is 0. The predicted molar refractivity (Wildman–Crippen MR) is 111 cm³/mol. The summed E-state index contributed by atoms with van der Waals surface area (Å²) in [5.74, 6) is 3.64. The van der Waals surface area contributed by atoms with Crippen molar-refractivity contribution in [2.75, 3.05) is 5.32 Å². The first-order valence-electron chi connectivity index (χ1n) is 8.60. The zero-order valence-electron chi connectivity index (χ0n) is 15.4. The van der Waals surface area contributed by atoms with E-state index < -0.39 is 0 Å². The van der Waals surface area contributed by atoms with Crippen molar-refractivity contribution in [2.24, 2.45) is 0 Å². The normalized spacial score (nSPS) is 11.5. The van der Waals surface area contributed by atoms with Crippen LogP contribution in [-0.2, 0) is 0 Å². The van der Waals surface area contributed by atoms with Crippen LogP contribution in [-0.4, -0.2) is 25.1 Å². The van der Waals surface area contributed by atoms with Crippen LogP contribution in [0.5, 0.6) is 0 Å². The van der Waals surface area contributed by atoms with Crippen molar-refractivity contribution in [3.8, 4) is 33.5 Å². The number of aromatic nitrogens is 4. The minimum Gasteiger partial charge on any atom is -0.364 e. The first-order valence-corrected chi connectivity index (χ1v) is 9.42. The fraction of sp³-hybridized carbons (Fsp3) is 0.190. The van der Waals surface area contributed by atoms with E-state index in [0.717, 1.165) is 38.2 Å². The van der Waals surface area contributed by atoms with Gasteiger partial charge in [-0.1, -0.05) is 12.0 Å². The molecule has 0 radical (unpaired) electrons. The van der Waals surface area contributed by atoms with Gasteiger partial charge in [-0.15, -0.1) is 17.8 Å². The number of hydrogen-bond acceptors (Lipinski definition) is 5. The van der Waals surface area contributed by atoms with Gasteiger partial charge in [0.05, 0.1) is 15.4 Å². The van der Waals surface area contributed by atoms with Crippen molar-refractivity contribution in [1.82, 2.24) is 19.6 Å². The molecule has 0 spiro atoms. The molecule has 0 aliphatic heterocycles. The van der Waals surface area contributed by atoms with Crippen LogP contribution < -0.4 is 5.32 Å². The van der Waals surface area contributed by atoms with Crippen molar-refractivity contribution in [1.29, 1.82) is 0 Å². The van der Waals surface area contributed by atoms with Crippen molar-refractivity contribution in [3.05, 3.63) is 54.4 Å². The molecule has 0 aliphatic carbocycles. The lowest BCUT2D eigenvalue weighted by Gasteiger charge is -2.22. The minimum absolute atomic E-state index is 0.153. The fourth-order valence-electron chi connectivity index (χ4n) is 2.82. The molecule has 0 amide bonds. The van der Waals surface area contributed by atoms with Crippen molar-refractivity contribution < 1.29 is 0 Å². The first kappa shape index (κ1) is 17.3. The van der Waals surface area contributed by atoms with E-state index in [1.165, 1.54) is 0 Å². The highest BCUT2D eigenvalue weighted by Crippen LogP contribution is 2.40. The van der Waals surface area contributed by atoms with Gasteiger partial charge in [-0.05, 0) is 51.1 Å². The van der Waals surface area contributed by atoms with Crippen molar-refractivity contribution in [3.63, 3.8) is 0 Å². The molecule has 0 aliphatic rings. The van der Waals surface area contributed by atoms with Crippen molar-refractivity contribution >= 4 is 22.8 Å². The number of nitrogens with one attached hydrogen (secondary N) is 1. The molecule has 0 bridgehead atoms. The number of rotatable bonds is 3. The third-order valence-electron chi connectivity index (χ3n) is 3.91. The number of thiophene rings is 1. The highest BCUT2D eigenvalue weighted by Gasteiger charge is 2.23. The smallest absolute Gasteiger partial charge is 0.157 e. The quantitative estimate of drug-likeness (QED) is 0.528. The van der Waals surface area contributed by atoms with E-state index in [9.17, 15) is 0 Å². The van der Waals surface area contributed by atoms with Gasteiger partial charge >= 0.3 is 0 Å². The topological polar surface area (TPSA) is 55.1 Å². The molecule has 0 saturated carbocycles. The molecule has 134 valence electrons. The molecule has 5 nitrogen and oxygen atoms in total. The zero-order valence-corrected chi connectivity index (χ0v) is 16.2. The number of terminal acetylenes is 1. The van der Waals surface area contributed by atoms with Crippen LogP contribution in [0, 0.1) is 12.3 Å². The monoisotopic (exact) mass is 373 g/mol. The Kier molecular flexibility index (Phi) is 4.17. The summed E-state index contributed by atoms with van der Waals surface area (Å²) in [4.78, 5) is 11.2. The van der Waals surface area contributed by atoms with Gasteiger partial charge in [0.15, 0.2) is 11.5 Å². The molecule has 4 rings (SSSR count). The highest BCUT2D eigenvalue weighted by atomic mass is 32.1. The van der Waals surface area contributed by atoms with Gasteiger partial charge in [0.25, 0.3) is 0 Å². The molecule has 1 N–H and O–H groups in total. The van der Waals surface area contributed by atoms with Gasteiger partial charge in [0.2, 0.25) is 0 Å². The standard InChI is InChI=1S/C21H19N5S/c1-5-14-13-16(15-9-6-7-11-22-15)27-19(14)18-20(25-21(2,3)4)26-17(24-18)10-8-12-23-26/h1,6-13,25H,2-4H3. The first-order chi connectivity index (χ1) is 13.0. The Morgan fingerprint density at radius 1 is 1.15 bits per heavy atom. The molecular weight excluding hydrogens is 354 g/mol. The average Bonchev–Trinajstić information content (AvgIpc) is 3.23. The van der Waals surface area contributed by atoms with Gasteiger partial charge < -0.3 is 5.32 Å². The van der Waals surface area contributed by atoms with Gasteiger partial charge in [-0.3, -0.25) is 4.98 Å². The maximum absolute atomic E-state index is 5.82. The second-order valence-electron chi connectivity index (χ2n) is 7.19. The van der Waals surface area contributed by atoms with Crippen LogP contribution in [0.15, 0.2) is 48.8 Å². The Balaban J connectivity index is 1.94. The maximum atomic E-state index is 5.82. The van der Waals surface area contributed by atoms with Crippen LogP contribution in [0.25, 0.3) is 26.8 Å². The number of fused-ring (bicyclic) bond motifs is 1. The van der Waals surface area contributed by atoms with E-state index >= 15 is 0 Å². The van der Waals surface area contributed by atoms with Crippen LogP contribution in [0.2, 0.25) is 0 Å². The Morgan fingerprint density at radius 3 is 2.70 bits per heavy atom. The lowest BCUT2D eigenvalue weighted by molar-refractivity contribution is 0.626. The zero-order chi connectivity index (χ0) is 19.0. The van der Waals surface area contributed by atoms with E-state index in [0.29, 0.717) is 0 Å². The van der Waals surface area contributed by atoms with Gasteiger partial charge in [-0.25, -0.2) is 4.98 Å². The Labute approximate surface area is 162 Å². The Bertz CT molecular complexity index is 1140. The SMILES string of the molecule is C#Cc1cc(-c2ccccn2)sc1-c1nc2cccnn2c1NC(C)(C)C. The maximum Gasteiger partial charge on any atom is 0.157 e. The van der Waals surface area contributed by atoms with Crippen LogP contribution in [0.3, 0.4) is 0 Å². The van der Waals surface area contributed by atoms with Crippen LogP contribution in [0.1, 0.15) is 26.3 Å². The van der Waals surface area contributed by atoms with Gasteiger partial charge in [0.1, 0.15) is 5.69 Å². The third-order valence-corrected chi connectivity index (χ3v) is 5.07. The largest absolute Gasteiger partial charge is 0.364 e. The van der Waals surface area contributed by atoms with E-state index in [-0.39, 0.29) is 5.54 Å². The number of imidazole rings is 1. The molecule has 0 unspecified atom stereocenters. The van der Waals surface area contributed by atoms with E-state index in [1.807, 2.05) is 40.9 Å². The lowest BCUT2D eigenvalue weighted by Crippen LogP contribution is -2.27. The molecule has 0 aromatic carbocycles. The molecule has 27 heavy (non-hydrogen) atoms.